The van der Waals surface area contributed by atoms with Gasteiger partial charge in [-0.25, -0.2) is 0 Å². The number of rotatable bonds is 9. The third kappa shape index (κ3) is 5.95. The first kappa shape index (κ1) is 31.0. The second-order valence-corrected chi connectivity index (χ2v) is 12.6. The summed E-state index contributed by atoms with van der Waals surface area (Å²) in [5, 5.41) is 16.3. The highest BCUT2D eigenvalue weighted by atomic mass is 15.5. The molecule has 0 atom stereocenters. The fourth-order valence-electron chi connectivity index (χ4n) is 6.75. The van der Waals surface area contributed by atoms with Crippen LogP contribution in [0.3, 0.4) is 0 Å². The van der Waals surface area contributed by atoms with Crippen molar-refractivity contribution in [3.8, 4) is 67.5 Å². The fraction of sp³-hybridized carbons (Fsp3) is 0. The summed E-state index contributed by atoms with van der Waals surface area (Å²) in [7, 11) is -0.659. The van der Waals surface area contributed by atoms with Gasteiger partial charge in [-0.1, -0.05) is 182 Å². The van der Waals surface area contributed by atoms with Crippen LogP contribution in [0.15, 0.2) is 200 Å². The third-order valence-electron chi connectivity index (χ3n) is 9.28. The summed E-state index contributed by atoms with van der Waals surface area (Å²) >= 11 is 0. The normalized spacial score (nSPS) is 11.1. The maximum Gasteiger partial charge on any atom is 0.570 e. The SMILES string of the molecule is c1ccc(-c2cc(-c3ccccc3)n(B(n3nc(-c4ccccc4)cc3-c3ccccc3)n3nc(-c4ccccc4)cc3-c3ccccc3)n2)cc1. The van der Waals surface area contributed by atoms with E-state index in [2.05, 4.69) is 141 Å². The standard InChI is InChI=1S/C45H33BN6/c1-7-19-34(20-8-1)40-31-43(37-25-13-4-14-26-37)50(47-40)46(51-44(38-27-15-5-16-28-38)32-41(48-51)35-21-9-2-10-22-35)52-45(39-29-17-6-18-30-39)33-42(49-52)36-23-11-3-12-24-36/h1-33H. The molecule has 0 saturated heterocycles. The Hall–Kier alpha value is -6.99. The topological polar surface area (TPSA) is 53.5 Å². The smallest absolute Gasteiger partial charge is 0.261 e. The van der Waals surface area contributed by atoms with E-state index in [0.29, 0.717) is 0 Å². The summed E-state index contributed by atoms with van der Waals surface area (Å²) in [5.74, 6) is 0. The molecule has 0 aliphatic rings. The molecule has 9 aromatic rings. The Balaban J connectivity index is 1.39. The van der Waals surface area contributed by atoms with Crippen molar-refractivity contribution in [3.05, 3.63) is 200 Å². The lowest BCUT2D eigenvalue weighted by Gasteiger charge is -2.21. The first-order valence-corrected chi connectivity index (χ1v) is 17.4. The average molecular weight is 669 g/mol. The molecule has 0 aliphatic carbocycles. The Morgan fingerprint density at radius 1 is 0.269 bits per heavy atom. The highest BCUT2D eigenvalue weighted by molar-refractivity contribution is 6.54. The maximum atomic E-state index is 5.44. The van der Waals surface area contributed by atoms with Crippen molar-refractivity contribution < 1.29 is 0 Å². The van der Waals surface area contributed by atoms with Gasteiger partial charge in [0, 0.05) is 16.7 Å². The van der Waals surface area contributed by atoms with Crippen molar-refractivity contribution >= 4 is 7.12 Å². The molecule has 3 heterocycles. The average Bonchev–Trinajstić information content (AvgIpc) is 3.99. The lowest BCUT2D eigenvalue weighted by molar-refractivity contribution is 0.784. The molecule has 246 valence electrons. The van der Waals surface area contributed by atoms with E-state index in [-0.39, 0.29) is 0 Å². The minimum Gasteiger partial charge on any atom is -0.261 e. The van der Waals surface area contributed by atoms with Crippen LogP contribution < -0.4 is 0 Å². The minimum absolute atomic E-state index is 0.659. The molecule has 0 radical (unpaired) electrons. The number of benzene rings is 6. The Bertz CT molecular complexity index is 2260. The zero-order valence-electron chi connectivity index (χ0n) is 28.3. The lowest BCUT2D eigenvalue weighted by atomic mass is 9.90. The molecular weight excluding hydrogens is 635 g/mol. The summed E-state index contributed by atoms with van der Waals surface area (Å²) in [6.45, 7) is 0. The molecule has 0 unspecified atom stereocenters. The van der Waals surface area contributed by atoms with Gasteiger partial charge in [-0.3, -0.25) is 13.8 Å². The molecule has 0 aliphatic heterocycles. The van der Waals surface area contributed by atoms with E-state index in [1.54, 1.807) is 0 Å². The van der Waals surface area contributed by atoms with E-state index in [1.165, 1.54) is 0 Å². The van der Waals surface area contributed by atoms with E-state index in [9.17, 15) is 0 Å². The van der Waals surface area contributed by atoms with E-state index in [0.717, 1.165) is 67.5 Å². The van der Waals surface area contributed by atoms with Crippen LogP contribution in [0, 0.1) is 0 Å². The first-order chi connectivity index (χ1) is 25.8. The van der Waals surface area contributed by atoms with Gasteiger partial charge in [-0.2, -0.15) is 15.3 Å². The molecule has 0 N–H and O–H groups in total. The van der Waals surface area contributed by atoms with Crippen LogP contribution in [-0.4, -0.2) is 36.2 Å². The first-order valence-electron chi connectivity index (χ1n) is 17.4. The fourth-order valence-corrected chi connectivity index (χ4v) is 6.75. The number of aromatic nitrogens is 6. The van der Waals surface area contributed by atoms with Crippen molar-refractivity contribution in [2.45, 2.75) is 0 Å². The molecular formula is C45H33BN6. The largest absolute Gasteiger partial charge is 0.570 e. The zero-order chi connectivity index (χ0) is 34.7. The van der Waals surface area contributed by atoms with Gasteiger partial charge in [-0.05, 0) is 34.9 Å². The van der Waals surface area contributed by atoms with Crippen LogP contribution in [0.2, 0.25) is 0 Å². The van der Waals surface area contributed by atoms with E-state index >= 15 is 0 Å². The summed E-state index contributed by atoms with van der Waals surface area (Å²) < 4.78 is 6.25. The van der Waals surface area contributed by atoms with Gasteiger partial charge in [-0.15, -0.1) is 0 Å². The van der Waals surface area contributed by atoms with Crippen LogP contribution in [0.25, 0.3) is 67.5 Å². The minimum atomic E-state index is -0.659. The van der Waals surface area contributed by atoms with Crippen molar-refractivity contribution in [1.82, 2.24) is 29.1 Å². The van der Waals surface area contributed by atoms with Crippen LogP contribution in [0.5, 0.6) is 0 Å². The molecule has 0 spiro atoms. The van der Waals surface area contributed by atoms with Crippen molar-refractivity contribution in [3.63, 3.8) is 0 Å². The van der Waals surface area contributed by atoms with Crippen LogP contribution in [0.4, 0.5) is 0 Å². The quantitative estimate of drug-likeness (QED) is 0.144. The number of nitrogens with zero attached hydrogens (tertiary/aromatic N) is 6. The van der Waals surface area contributed by atoms with Crippen LogP contribution in [0.1, 0.15) is 0 Å². The monoisotopic (exact) mass is 668 g/mol. The molecule has 0 fully saturated rings. The molecule has 0 bridgehead atoms. The highest BCUT2D eigenvalue weighted by Crippen LogP contribution is 2.33. The van der Waals surface area contributed by atoms with E-state index in [4.69, 9.17) is 15.3 Å². The summed E-state index contributed by atoms with van der Waals surface area (Å²) in [6.07, 6.45) is 0. The van der Waals surface area contributed by atoms with Crippen molar-refractivity contribution in [2.24, 2.45) is 0 Å². The molecule has 7 heteroatoms. The Kier molecular flexibility index (Phi) is 8.19. The van der Waals surface area contributed by atoms with E-state index in [1.807, 2.05) is 72.8 Å². The van der Waals surface area contributed by atoms with Gasteiger partial charge >= 0.3 is 7.12 Å². The summed E-state index contributed by atoms with van der Waals surface area (Å²) in [4.78, 5) is 0. The number of hydrogen-bond donors (Lipinski definition) is 0. The second-order valence-electron chi connectivity index (χ2n) is 12.6. The lowest BCUT2D eigenvalue weighted by Crippen LogP contribution is -2.45. The highest BCUT2D eigenvalue weighted by Gasteiger charge is 2.36. The Morgan fingerprint density at radius 3 is 0.712 bits per heavy atom. The second kappa shape index (κ2) is 13.7. The molecule has 0 saturated carbocycles. The molecule has 0 amide bonds. The molecule has 52 heavy (non-hydrogen) atoms. The molecule has 9 rings (SSSR count). The predicted molar refractivity (Wildman–Crippen MR) is 211 cm³/mol. The maximum absolute atomic E-state index is 5.44. The van der Waals surface area contributed by atoms with Gasteiger partial charge in [0.25, 0.3) is 0 Å². The Labute approximate surface area is 303 Å². The molecule has 6 aromatic carbocycles. The van der Waals surface area contributed by atoms with Gasteiger partial charge in [0.15, 0.2) is 0 Å². The van der Waals surface area contributed by atoms with E-state index < -0.39 is 7.12 Å². The number of hydrogen-bond acceptors (Lipinski definition) is 3. The molecule has 3 aromatic heterocycles. The predicted octanol–water partition coefficient (Wildman–Crippen LogP) is 10.2. The summed E-state index contributed by atoms with van der Waals surface area (Å²) in [6, 6.07) is 68.8. The van der Waals surface area contributed by atoms with Crippen LogP contribution >= 0.6 is 0 Å². The Morgan fingerprint density at radius 2 is 0.481 bits per heavy atom. The van der Waals surface area contributed by atoms with Gasteiger partial charge in [0.1, 0.15) is 0 Å². The van der Waals surface area contributed by atoms with Gasteiger partial charge in [0.2, 0.25) is 0 Å². The third-order valence-corrected chi connectivity index (χ3v) is 9.28. The van der Waals surface area contributed by atoms with Crippen molar-refractivity contribution in [2.75, 3.05) is 0 Å². The van der Waals surface area contributed by atoms with Gasteiger partial charge < -0.3 is 0 Å². The zero-order valence-corrected chi connectivity index (χ0v) is 28.3. The summed E-state index contributed by atoms with van der Waals surface area (Å²) in [5.41, 5.74) is 11.6. The van der Waals surface area contributed by atoms with Gasteiger partial charge in [0.05, 0.1) is 34.2 Å². The van der Waals surface area contributed by atoms with Crippen molar-refractivity contribution in [1.29, 1.82) is 0 Å². The molecule has 6 nitrogen and oxygen atoms in total. The van der Waals surface area contributed by atoms with Crippen LogP contribution in [-0.2, 0) is 0 Å².